The van der Waals surface area contributed by atoms with Crippen LogP contribution >= 0.6 is 0 Å². The average molecular weight is 264 g/mol. The Morgan fingerprint density at radius 1 is 1.21 bits per heavy atom. The SMILES string of the molecule is CCNC1CCC(N(C)Cc2ccccc2F)CC1. The van der Waals surface area contributed by atoms with Crippen molar-refractivity contribution in [3.05, 3.63) is 35.6 Å². The number of hydrogen-bond donors (Lipinski definition) is 1. The molecule has 2 rings (SSSR count). The first-order valence-electron chi connectivity index (χ1n) is 7.37. The minimum atomic E-state index is -0.0873. The van der Waals surface area contributed by atoms with Gasteiger partial charge in [-0.1, -0.05) is 25.1 Å². The number of nitrogens with one attached hydrogen (secondary N) is 1. The molecule has 2 nitrogen and oxygen atoms in total. The summed E-state index contributed by atoms with van der Waals surface area (Å²) in [5.74, 6) is -0.0873. The fourth-order valence-corrected chi connectivity index (χ4v) is 3.03. The van der Waals surface area contributed by atoms with Gasteiger partial charge in [0.15, 0.2) is 0 Å². The van der Waals surface area contributed by atoms with E-state index in [0.717, 1.165) is 12.1 Å². The number of hydrogen-bond acceptors (Lipinski definition) is 2. The molecular formula is C16H25FN2. The van der Waals surface area contributed by atoms with Crippen molar-refractivity contribution in [1.82, 2.24) is 10.2 Å². The molecular weight excluding hydrogens is 239 g/mol. The number of benzene rings is 1. The summed E-state index contributed by atoms with van der Waals surface area (Å²) in [6.45, 7) is 3.93. The molecule has 0 aromatic heterocycles. The molecule has 0 unspecified atom stereocenters. The van der Waals surface area contributed by atoms with E-state index in [2.05, 4.69) is 24.2 Å². The van der Waals surface area contributed by atoms with Gasteiger partial charge in [0.1, 0.15) is 5.82 Å². The highest BCUT2D eigenvalue weighted by atomic mass is 19.1. The van der Waals surface area contributed by atoms with Gasteiger partial charge in [-0.15, -0.1) is 0 Å². The minimum absolute atomic E-state index is 0.0873. The Bertz CT molecular complexity index is 386. The van der Waals surface area contributed by atoms with Crippen molar-refractivity contribution >= 4 is 0 Å². The Kier molecular flexibility index (Phi) is 5.34. The van der Waals surface area contributed by atoms with Crippen LogP contribution in [-0.4, -0.2) is 30.6 Å². The summed E-state index contributed by atoms with van der Waals surface area (Å²) in [5, 5.41) is 3.52. The van der Waals surface area contributed by atoms with Gasteiger partial charge >= 0.3 is 0 Å². The predicted octanol–water partition coefficient (Wildman–Crippen LogP) is 3.18. The second-order valence-corrected chi connectivity index (χ2v) is 5.57. The predicted molar refractivity (Wildman–Crippen MR) is 77.6 cm³/mol. The van der Waals surface area contributed by atoms with Crippen molar-refractivity contribution in [3.63, 3.8) is 0 Å². The molecule has 0 amide bonds. The van der Waals surface area contributed by atoms with Crippen molar-refractivity contribution in [2.24, 2.45) is 0 Å². The summed E-state index contributed by atoms with van der Waals surface area (Å²) in [7, 11) is 2.12. The quantitative estimate of drug-likeness (QED) is 0.878. The molecule has 0 atom stereocenters. The molecule has 3 heteroatoms. The van der Waals surface area contributed by atoms with Crippen LogP contribution in [0.15, 0.2) is 24.3 Å². The van der Waals surface area contributed by atoms with Crippen LogP contribution in [0, 0.1) is 5.82 Å². The van der Waals surface area contributed by atoms with Gasteiger partial charge in [-0.25, -0.2) is 4.39 Å². The highest BCUT2D eigenvalue weighted by Crippen LogP contribution is 2.24. The second-order valence-electron chi connectivity index (χ2n) is 5.57. The van der Waals surface area contributed by atoms with E-state index >= 15 is 0 Å². The topological polar surface area (TPSA) is 15.3 Å². The first-order valence-corrected chi connectivity index (χ1v) is 7.37. The van der Waals surface area contributed by atoms with Gasteiger partial charge < -0.3 is 5.32 Å². The van der Waals surface area contributed by atoms with Gasteiger partial charge in [-0.2, -0.15) is 0 Å². The molecule has 1 aliphatic carbocycles. The maximum atomic E-state index is 13.6. The largest absolute Gasteiger partial charge is 0.314 e. The maximum absolute atomic E-state index is 13.6. The average Bonchev–Trinajstić information content (AvgIpc) is 2.42. The van der Waals surface area contributed by atoms with Gasteiger partial charge in [-0.05, 0) is 45.3 Å². The lowest BCUT2D eigenvalue weighted by atomic mass is 9.90. The molecule has 0 bridgehead atoms. The molecule has 0 saturated heterocycles. The smallest absolute Gasteiger partial charge is 0.127 e. The zero-order valence-electron chi connectivity index (χ0n) is 12.0. The van der Waals surface area contributed by atoms with Crippen LogP contribution in [0.4, 0.5) is 4.39 Å². The molecule has 19 heavy (non-hydrogen) atoms. The van der Waals surface area contributed by atoms with Gasteiger partial charge in [0.25, 0.3) is 0 Å². The summed E-state index contributed by atoms with van der Waals surface area (Å²) < 4.78 is 13.6. The van der Waals surface area contributed by atoms with Crippen molar-refractivity contribution in [2.45, 2.75) is 51.2 Å². The maximum Gasteiger partial charge on any atom is 0.127 e. The zero-order valence-corrected chi connectivity index (χ0v) is 12.0. The van der Waals surface area contributed by atoms with Gasteiger partial charge in [0.2, 0.25) is 0 Å². The van der Waals surface area contributed by atoms with E-state index in [4.69, 9.17) is 0 Å². The molecule has 0 heterocycles. The van der Waals surface area contributed by atoms with Crippen molar-refractivity contribution in [2.75, 3.05) is 13.6 Å². The molecule has 1 aliphatic rings. The van der Waals surface area contributed by atoms with Crippen molar-refractivity contribution in [1.29, 1.82) is 0 Å². The van der Waals surface area contributed by atoms with Crippen LogP contribution in [0.1, 0.15) is 38.2 Å². The highest BCUT2D eigenvalue weighted by molar-refractivity contribution is 5.17. The normalized spacial score (nSPS) is 23.8. The Labute approximate surface area is 116 Å². The van der Waals surface area contributed by atoms with Crippen LogP contribution in [0.25, 0.3) is 0 Å². The number of halogens is 1. The van der Waals surface area contributed by atoms with Crippen LogP contribution < -0.4 is 5.32 Å². The lowest BCUT2D eigenvalue weighted by molar-refractivity contribution is 0.167. The standard InChI is InChI=1S/C16H25FN2/c1-3-18-14-8-10-15(11-9-14)19(2)12-13-6-4-5-7-16(13)17/h4-7,14-15,18H,3,8-12H2,1-2H3. The lowest BCUT2D eigenvalue weighted by Crippen LogP contribution is -2.40. The number of nitrogens with zero attached hydrogens (tertiary/aromatic N) is 1. The van der Waals surface area contributed by atoms with Crippen LogP contribution in [0.3, 0.4) is 0 Å². The van der Waals surface area contributed by atoms with Crippen LogP contribution in [-0.2, 0) is 6.54 Å². The summed E-state index contributed by atoms with van der Waals surface area (Å²) >= 11 is 0. The van der Waals surface area contributed by atoms with Crippen LogP contribution in [0.5, 0.6) is 0 Å². The molecule has 0 aliphatic heterocycles. The van der Waals surface area contributed by atoms with E-state index < -0.39 is 0 Å². The minimum Gasteiger partial charge on any atom is -0.314 e. The Hall–Kier alpha value is -0.930. The van der Waals surface area contributed by atoms with Crippen molar-refractivity contribution < 1.29 is 4.39 Å². The van der Waals surface area contributed by atoms with Gasteiger partial charge in [0.05, 0.1) is 0 Å². The third-order valence-electron chi connectivity index (χ3n) is 4.19. The van der Waals surface area contributed by atoms with E-state index in [1.165, 1.54) is 25.7 Å². The molecule has 0 spiro atoms. The Morgan fingerprint density at radius 2 is 1.89 bits per heavy atom. The third kappa shape index (κ3) is 4.02. The van der Waals surface area contributed by atoms with Crippen LogP contribution in [0.2, 0.25) is 0 Å². The molecule has 1 aromatic rings. The highest BCUT2D eigenvalue weighted by Gasteiger charge is 2.23. The Morgan fingerprint density at radius 3 is 2.53 bits per heavy atom. The first kappa shape index (κ1) is 14.5. The molecule has 1 aromatic carbocycles. The van der Waals surface area contributed by atoms with Gasteiger partial charge in [0, 0.05) is 24.2 Å². The van der Waals surface area contributed by atoms with Gasteiger partial charge in [-0.3, -0.25) is 4.90 Å². The molecule has 1 N–H and O–H groups in total. The molecule has 1 saturated carbocycles. The molecule has 1 fully saturated rings. The first-order chi connectivity index (χ1) is 9.20. The fraction of sp³-hybridized carbons (Fsp3) is 0.625. The third-order valence-corrected chi connectivity index (χ3v) is 4.19. The number of rotatable bonds is 5. The second kappa shape index (κ2) is 7.01. The summed E-state index contributed by atoms with van der Waals surface area (Å²) in [6, 6.07) is 8.37. The molecule has 106 valence electrons. The van der Waals surface area contributed by atoms with E-state index in [9.17, 15) is 4.39 Å². The monoisotopic (exact) mass is 264 g/mol. The fourth-order valence-electron chi connectivity index (χ4n) is 3.03. The molecule has 0 radical (unpaired) electrons. The van der Waals surface area contributed by atoms with Crippen molar-refractivity contribution in [3.8, 4) is 0 Å². The summed E-state index contributed by atoms with van der Waals surface area (Å²) in [5.41, 5.74) is 0.804. The summed E-state index contributed by atoms with van der Waals surface area (Å²) in [4.78, 5) is 2.31. The zero-order chi connectivity index (χ0) is 13.7. The van der Waals surface area contributed by atoms with E-state index in [1.54, 1.807) is 12.1 Å². The van der Waals surface area contributed by atoms with E-state index in [1.807, 2.05) is 12.1 Å². The van der Waals surface area contributed by atoms with E-state index in [0.29, 0.717) is 18.6 Å². The van der Waals surface area contributed by atoms with E-state index in [-0.39, 0.29) is 5.82 Å². The summed E-state index contributed by atoms with van der Waals surface area (Å²) in [6.07, 6.45) is 4.89. The lowest BCUT2D eigenvalue weighted by Gasteiger charge is -2.35. The Balaban J connectivity index is 1.85.